The molecule has 2 aromatic carbocycles. The fourth-order valence-corrected chi connectivity index (χ4v) is 3.65. The summed E-state index contributed by atoms with van der Waals surface area (Å²) < 4.78 is 22.3. The molecule has 0 saturated carbocycles. The molecule has 1 amide bonds. The van der Waals surface area contributed by atoms with Crippen LogP contribution in [0.4, 0.5) is 0 Å². The van der Waals surface area contributed by atoms with Gasteiger partial charge in [-0.25, -0.2) is 0 Å². The molecule has 0 radical (unpaired) electrons. The maximum absolute atomic E-state index is 12.6. The average molecular weight is 363 g/mol. The Kier molecular flexibility index (Phi) is 6.91. The predicted molar refractivity (Wildman–Crippen MR) is 95.5 cm³/mol. The molecule has 6 nitrogen and oxygen atoms in total. The van der Waals surface area contributed by atoms with Crippen molar-refractivity contribution >= 4 is 13.5 Å². The zero-order valence-electron chi connectivity index (χ0n) is 14.2. The molecule has 0 aliphatic carbocycles. The van der Waals surface area contributed by atoms with Crippen molar-refractivity contribution in [1.29, 1.82) is 0 Å². The molecule has 25 heavy (non-hydrogen) atoms. The normalized spacial score (nSPS) is 13.9. The van der Waals surface area contributed by atoms with Crippen LogP contribution in [-0.4, -0.2) is 37.1 Å². The van der Waals surface area contributed by atoms with Crippen LogP contribution in [0.1, 0.15) is 15.9 Å². The quantitative estimate of drug-likeness (QED) is 0.705. The Morgan fingerprint density at radius 2 is 1.56 bits per heavy atom. The number of benzene rings is 2. The molecule has 0 aromatic heterocycles. The summed E-state index contributed by atoms with van der Waals surface area (Å²) in [6.45, 7) is 0. The maximum Gasteiger partial charge on any atom is 0.360 e. The molecule has 2 aromatic rings. The van der Waals surface area contributed by atoms with Crippen LogP contribution >= 0.6 is 7.60 Å². The van der Waals surface area contributed by atoms with E-state index in [9.17, 15) is 14.5 Å². The number of carbonyl (C=O) groups excluding carboxylic acids is 1. The van der Waals surface area contributed by atoms with Gasteiger partial charge in [0.25, 0.3) is 5.91 Å². The first-order chi connectivity index (χ1) is 12.0. The van der Waals surface area contributed by atoms with Crippen molar-refractivity contribution in [2.45, 2.75) is 18.3 Å². The summed E-state index contributed by atoms with van der Waals surface area (Å²) in [7, 11) is -1.37. The maximum atomic E-state index is 12.6. The summed E-state index contributed by atoms with van der Waals surface area (Å²) in [5, 5.41) is 13.3. The summed E-state index contributed by atoms with van der Waals surface area (Å²) in [5.74, 6) is -1.88. The van der Waals surface area contributed by atoms with Gasteiger partial charge in [-0.2, -0.15) is 0 Å². The molecular formula is C18H22NO5P. The van der Waals surface area contributed by atoms with Crippen LogP contribution in [0.5, 0.6) is 0 Å². The first-order valence-electron chi connectivity index (χ1n) is 7.79. The first-order valence-corrected chi connectivity index (χ1v) is 9.40. The zero-order valence-corrected chi connectivity index (χ0v) is 15.1. The van der Waals surface area contributed by atoms with Gasteiger partial charge in [0, 0.05) is 19.8 Å². The summed E-state index contributed by atoms with van der Waals surface area (Å²) >= 11 is 0. The van der Waals surface area contributed by atoms with Crippen molar-refractivity contribution < 1.29 is 23.5 Å². The second-order valence-electron chi connectivity index (χ2n) is 5.45. The van der Waals surface area contributed by atoms with E-state index in [4.69, 9.17) is 9.05 Å². The highest BCUT2D eigenvalue weighted by Gasteiger charge is 2.39. The van der Waals surface area contributed by atoms with E-state index >= 15 is 0 Å². The Hall–Kier alpha value is -1.98. The third-order valence-corrected chi connectivity index (χ3v) is 5.87. The molecule has 0 aliphatic heterocycles. The van der Waals surface area contributed by atoms with Crippen molar-refractivity contribution in [2.75, 3.05) is 14.2 Å². The molecule has 2 N–H and O–H groups in total. The molecule has 2 atom stereocenters. The van der Waals surface area contributed by atoms with E-state index in [2.05, 4.69) is 5.32 Å². The van der Waals surface area contributed by atoms with Gasteiger partial charge in [-0.3, -0.25) is 9.36 Å². The summed E-state index contributed by atoms with van der Waals surface area (Å²) in [5.41, 5.74) is 1.32. The van der Waals surface area contributed by atoms with Gasteiger partial charge in [-0.1, -0.05) is 48.5 Å². The van der Waals surface area contributed by atoms with Crippen LogP contribution in [0, 0.1) is 0 Å². The third-order valence-electron chi connectivity index (χ3n) is 3.84. The number of rotatable bonds is 8. The van der Waals surface area contributed by atoms with Gasteiger partial charge in [-0.05, 0) is 24.1 Å². The lowest BCUT2D eigenvalue weighted by molar-refractivity contribution is 0.0876. The van der Waals surface area contributed by atoms with E-state index < -0.39 is 19.5 Å². The van der Waals surface area contributed by atoms with E-state index in [1.54, 1.807) is 30.3 Å². The highest BCUT2D eigenvalue weighted by molar-refractivity contribution is 7.54. The van der Waals surface area contributed by atoms with Gasteiger partial charge >= 0.3 is 7.60 Å². The Balaban J connectivity index is 2.25. The van der Waals surface area contributed by atoms with Crippen molar-refractivity contribution in [2.24, 2.45) is 0 Å². The van der Waals surface area contributed by atoms with E-state index in [0.717, 1.165) is 5.56 Å². The Bertz CT molecular complexity index is 715. The topological polar surface area (TPSA) is 84.9 Å². The summed E-state index contributed by atoms with van der Waals surface area (Å²) in [6.07, 6.45) is 0.275. The van der Waals surface area contributed by atoms with Gasteiger partial charge in [0.1, 0.15) is 0 Å². The van der Waals surface area contributed by atoms with E-state index in [1.807, 2.05) is 30.3 Å². The molecule has 2 rings (SSSR count). The third kappa shape index (κ3) is 5.00. The van der Waals surface area contributed by atoms with E-state index in [-0.39, 0.29) is 12.3 Å². The lowest BCUT2D eigenvalue weighted by atomic mass is 10.1. The fourth-order valence-electron chi connectivity index (χ4n) is 2.45. The minimum Gasteiger partial charge on any atom is -0.379 e. The molecule has 0 spiro atoms. The van der Waals surface area contributed by atoms with Crippen molar-refractivity contribution in [1.82, 2.24) is 5.32 Å². The van der Waals surface area contributed by atoms with Crippen LogP contribution in [0.3, 0.4) is 0 Å². The summed E-state index contributed by atoms with van der Waals surface area (Å²) in [6, 6.07) is 17.1. The lowest BCUT2D eigenvalue weighted by Gasteiger charge is -2.28. The molecule has 134 valence electrons. The Morgan fingerprint density at radius 3 is 2.08 bits per heavy atom. The minimum absolute atomic E-state index is 0.275. The number of hydrogen-bond donors (Lipinski definition) is 2. The van der Waals surface area contributed by atoms with Gasteiger partial charge in [0.2, 0.25) is 0 Å². The number of aliphatic hydroxyl groups is 1. The highest BCUT2D eigenvalue weighted by atomic mass is 31.2. The number of carbonyl (C=O) groups is 1. The Labute approximate surface area is 147 Å². The van der Waals surface area contributed by atoms with Gasteiger partial charge in [-0.15, -0.1) is 0 Å². The lowest BCUT2D eigenvalue weighted by Crippen LogP contribution is -2.45. The minimum atomic E-state index is -3.77. The van der Waals surface area contributed by atoms with Gasteiger partial charge in [0.15, 0.2) is 5.85 Å². The smallest absolute Gasteiger partial charge is 0.360 e. The second-order valence-corrected chi connectivity index (χ2v) is 7.79. The summed E-state index contributed by atoms with van der Waals surface area (Å²) in [4.78, 5) is 12.5. The van der Waals surface area contributed by atoms with Gasteiger partial charge in [0.05, 0.1) is 6.04 Å². The number of hydrogen-bond acceptors (Lipinski definition) is 5. The number of amides is 1. The van der Waals surface area contributed by atoms with Crippen LogP contribution in [0.25, 0.3) is 0 Å². The highest BCUT2D eigenvalue weighted by Crippen LogP contribution is 2.51. The van der Waals surface area contributed by atoms with E-state index in [1.165, 1.54) is 14.2 Å². The van der Waals surface area contributed by atoms with E-state index in [0.29, 0.717) is 5.56 Å². The largest absolute Gasteiger partial charge is 0.379 e. The fraction of sp³-hybridized carbons (Fsp3) is 0.278. The second kappa shape index (κ2) is 8.92. The number of aliphatic hydroxyl groups excluding tert-OH is 1. The van der Waals surface area contributed by atoms with Crippen molar-refractivity contribution in [3.8, 4) is 0 Å². The molecule has 0 aliphatic rings. The molecule has 0 fully saturated rings. The van der Waals surface area contributed by atoms with Gasteiger partial charge < -0.3 is 19.5 Å². The predicted octanol–water partition coefficient (Wildman–Crippen LogP) is 2.83. The monoisotopic (exact) mass is 363 g/mol. The van der Waals surface area contributed by atoms with Crippen LogP contribution in [0.2, 0.25) is 0 Å². The zero-order chi connectivity index (χ0) is 18.3. The number of nitrogens with one attached hydrogen (secondary N) is 1. The molecule has 0 bridgehead atoms. The Morgan fingerprint density at radius 1 is 1.04 bits per heavy atom. The van der Waals surface area contributed by atoms with Crippen LogP contribution < -0.4 is 5.32 Å². The van der Waals surface area contributed by atoms with Crippen LogP contribution in [-0.2, 0) is 20.0 Å². The first kappa shape index (κ1) is 19.3. The average Bonchev–Trinajstić information content (AvgIpc) is 2.67. The molecular weight excluding hydrogens is 341 g/mol. The van der Waals surface area contributed by atoms with Crippen molar-refractivity contribution in [3.05, 3.63) is 71.8 Å². The molecule has 7 heteroatoms. The standard InChI is InChI=1S/C18H22NO5P/c1-23-25(22,24-2)18(21)16(13-14-9-5-3-6-10-14)19-17(20)15-11-7-4-8-12-15/h3-12,16,18,21H,13H2,1-2H3,(H,19,20)/t16-,18?/m0/s1. The molecule has 1 unspecified atom stereocenters. The SMILES string of the molecule is COP(=O)(OC)C(O)[C@H](Cc1ccccc1)NC(=O)c1ccccc1. The molecule has 0 heterocycles. The molecule has 0 saturated heterocycles. The van der Waals surface area contributed by atoms with Crippen molar-refractivity contribution in [3.63, 3.8) is 0 Å². The van der Waals surface area contributed by atoms with Crippen LogP contribution in [0.15, 0.2) is 60.7 Å².